The zero-order chi connectivity index (χ0) is 19.5. The molecule has 2 N–H and O–H groups in total. The summed E-state index contributed by atoms with van der Waals surface area (Å²) in [6, 6.07) is 7.80. The summed E-state index contributed by atoms with van der Waals surface area (Å²) < 4.78 is 29.6. The van der Waals surface area contributed by atoms with Gasteiger partial charge < -0.3 is 9.52 Å². The van der Waals surface area contributed by atoms with E-state index in [2.05, 4.69) is 23.8 Å². The fraction of sp³-hybridized carbons (Fsp3) is 0.333. The van der Waals surface area contributed by atoms with Gasteiger partial charge in [0.2, 0.25) is 0 Å². The van der Waals surface area contributed by atoms with Crippen molar-refractivity contribution in [3.63, 3.8) is 0 Å². The van der Waals surface area contributed by atoms with Crippen LogP contribution in [0.1, 0.15) is 50.0 Å². The molecule has 1 unspecified atom stereocenters. The fourth-order valence-electron chi connectivity index (χ4n) is 2.38. The van der Waals surface area contributed by atoms with Crippen molar-refractivity contribution in [1.29, 1.82) is 0 Å². The first kappa shape index (κ1) is 19.7. The van der Waals surface area contributed by atoms with Gasteiger partial charge in [-0.3, -0.25) is 0 Å². The molecule has 0 aliphatic heterocycles. The Morgan fingerprint density at radius 3 is 2.46 bits per heavy atom. The van der Waals surface area contributed by atoms with E-state index < -0.39 is 15.6 Å². The van der Waals surface area contributed by atoms with E-state index in [0.717, 1.165) is 12.0 Å². The molecule has 0 saturated carbocycles. The summed E-state index contributed by atoms with van der Waals surface area (Å²) in [6.45, 7) is 7.04. The van der Waals surface area contributed by atoms with E-state index in [-0.39, 0.29) is 27.7 Å². The van der Waals surface area contributed by atoms with Crippen molar-refractivity contribution >= 4 is 15.7 Å². The molecule has 0 fully saturated rings. The molecule has 0 bridgehead atoms. The highest BCUT2D eigenvalue weighted by Crippen LogP contribution is 2.20. The molecule has 1 aromatic heterocycles. The molecule has 26 heavy (non-hydrogen) atoms. The van der Waals surface area contributed by atoms with E-state index in [9.17, 15) is 18.3 Å². The number of hydrogen-bond acceptors (Lipinski definition) is 6. The summed E-state index contributed by atoms with van der Waals surface area (Å²) in [5, 5.41) is 13.6. The normalized spacial score (nSPS) is 13.5. The maximum atomic E-state index is 12.4. The summed E-state index contributed by atoms with van der Waals surface area (Å²) in [6.07, 6.45) is 0.955. The topological polar surface area (TPSA) is 109 Å². The van der Waals surface area contributed by atoms with Crippen molar-refractivity contribution in [3.05, 3.63) is 57.6 Å². The molecule has 7 nitrogen and oxygen atoms in total. The predicted molar refractivity (Wildman–Crippen MR) is 99.1 cm³/mol. The van der Waals surface area contributed by atoms with E-state index in [4.69, 9.17) is 4.42 Å². The number of aromatic hydroxyl groups is 1. The van der Waals surface area contributed by atoms with Gasteiger partial charge in [0.1, 0.15) is 17.1 Å². The molecular weight excluding hydrogens is 356 g/mol. The number of hydrazone groups is 1. The van der Waals surface area contributed by atoms with E-state index in [1.165, 1.54) is 32.0 Å². The zero-order valence-electron chi connectivity index (χ0n) is 15.1. The SMILES string of the molecule is CCC(C)c1ccc(S(=O)(=O)N/N=C(/C)c2c(O)cc(C)oc2=O)cc1. The van der Waals surface area contributed by atoms with Crippen LogP contribution in [0.15, 0.2) is 49.5 Å². The van der Waals surface area contributed by atoms with Crippen molar-refractivity contribution < 1.29 is 17.9 Å². The molecule has 0 radical (unpaired) electrons. The van der Waals surface area contributed by atoms with E-state index in [0.29, 0.717) is 5.92 Å². The van der Waals surface area contributed by atoms with Crippen molar-refractivity contribution in [2.45, 2.75) is 44.9 Å². The summed E-state index contributed by atoms with van der Waals surface area (Å²) in [7, 11) is -3.90. The summed E-state index contributed by atoms with van der Waals surface area (Å²) in [4.78, 5) is 14.0. The van der Waals surface area contributed by atoms with Gasteiger partial charge >= 0.3 is 5.63 Å². The van der Waals surface area contributed by atoms with Crippen molar-refractivity contribution in [2.75, 3.05) is 0 Å². The molecule has 1 heterocycles. The van der Waals surface area contributed by atoms with E-state index in [1.807, 2.05) is 0 Å². The number of rotatable bonds is 6. The van der Waals surface area contributed by atoms with Crippen LogP contribution in [0.4, 0.5) is 0 Å². The Morgan fingerprint density at radius 2 is 1.92 bits per heavy atom. The Labute approximate surface area is 152 Å². The number of sulfonamides is 1. The number of aryl methyl sites for hydroxylation is 1. The van der Waals surface area contributed by atoms with Crippen LogP contribution in [0.2, 0.25) is 0 Å². The Morgan fingerprint density at radius 1 is 1.31 bits per heavy atom. The average Bonchev–Trinajstić information content (AvgIpc) is 2.58. The Bertz CT molecular complexity index is 976. The first-order chi connectivity index (χ1) is 12.2. The van der Waals surface area contributed by atoms with Gasteiger partial charge in [0.25, 0.3) is 10.0 Å². The van der Waals surface area contributed by atoms with Crippen LogP contribution in [-0.2, 0) is 10.0 Å². The second-order valence-corrected chi connectivity index (χ2v) is 7.74. The highest BCUT2D eigenvalue weighted by Gasteiger charge is 2.17. The van der Waals surface area contributed by atoms with Gasteiger partial charge in [-0.2, -0.15) is 18.4 Å². The number of hydrogen-bond donors (Lipinski definition) is 2. The lowest BCUT2D eigenvalue weighted by atomic mass is 9.99. The molecule has 0 saturated heterocycles. The van der Waals surface area contributed by atoms with Crippen molar-refractivity contribution in [3.8, 4) is 5.75 Å². The second kappa shape index (κ2) is 7.74. The minimum absolute atomic E-state index is 0.00366. The minimum atomic E-state index is -3.90. The van der Waals surface area contributed by atoms with Gasteiger partial charge in [-0.25, -0.2) is 4.79 Å². The van der Waals surface area contributed by atoms with Gasteiger partial charge in [0.15, 0.2) is 0 Å². The van der Waals surface area contributed by atoms with Gasteiger partial charge in [-0.15, -0.1) is 0 Å². The monoisotopic (exact) mass is 378 g/mol. The summed E-state index contributed by atoms with van der Waals surface area (Å²) in [5.41, 5.74) is 0.0654. The van der Waals surface area contributed by atoms with Crippen molar-refractivity contribution in [1.82, 2.24) is 4.83 Å². The quantitative estimate of drug-likeness (QED) is 0.593. The lowest BCUT2D eigenvalue weighted by Gasteiger charge is -2.10. The lowest BCUT2D eigenvalue weighted by Crippen LogP contribution is -2.22. The molecule has 1 atom stereocenters. The summed E-state index contributed by atoms with van der Waals surface area (Å²) in [5.74, 6) is 0.256. The van der Waals surface area contributed by atoms with Gasteiger partial charge in [-0.1, -0.05) is 26.0 Å². The predicted octanol–water partition coefficient (Wildman–Crippen LogP) is 2.87. The fourth-order valence-corrected chi connectivity index (χ4v) is 3.23. The number of nitrogens with one attached hydrogen (secondary N) is 1. The second-order valence-electron chi connectivity index (χ2n) is 6.08. The largest absolute Gasteiger partial charge is 0.507 e. The maximum Gasteiger partial charge on any atom is 0.348 e. The number of nitrogens with zero attached hydrogens (tertiary/aromatic N) is 1. The van der Waals surface area contributed by atoms with Crippen LogP contribution in [0.5, 0.6) is 5.75 Å². The maximum absolute atomic E-state index is 12.4. The molecule has 140 valence electrons. The average molecular weight is 378 g/mol. The molecule has 0 aliphatic carbocycles. The van der Waals surface area contributed by atoms with E-state index in [1.54, 1.807) is 12.1 Å². The standard InChI is InChI=1S/C18H22N2O5S/c1-5-11(2)14-6-8-15(9-7-14)26(23,24)20-19-13(4)17-16(21)10-12(3)25-18(17)22/h6-11,20-21H,5H2,1-4H3/b19-13-. The van der Waals surface area contributed by atoms with Crippen LogP contribution in [0.3, 0.4) is 0 Å². The van der Waals surface area contributed by atoms with E-state index >= 15 is 0 Å². The molecule has 2 rings (SSSR count). The molecule has 0 spiro atoms. The Balaban J connectivity index is 2.27. The highest BCUT2D eigenvalue weighted by atomic mass is 32.2. The van der Waals surface area contributed by atoms with Crippen LogP contribution in [-0.4, -0.2) is 19.2 Å². The van der Waals surface area contributed by atoms with Crippen LogP contribution >= 0.6 is 0 Å². The molecule has 0 amide bonds. The molecule has 8 heteroatoms. The first-order valence-corrected chi connectivity index (χ1v) is 9.64. The van der Waals surface area contributed by atoms with Crippen LogP contribution < -0.4 is 10.5 Å². The van der Waals surface area contributed by atoms with Gasteiger partial charge in [0, 0.05) is 6.07 Å². The Kier molecular flexibility index (Phi) is 5.86. The third kappa shape index (κ3) is 4.32. The van der Waals surface area contributed by atoms with Crippen LogP contribution in [0.25, 0.3) is 0 Å². The molecular formula is C18H22N2O5S. The zero-order valence-corrected chi connectivity index (χ0v) is 15.9. The minimum Gasteiger partial charge on any atom is -0.507 e. The van der Waals surface area contributed by atoms with Crippen molar-refractivity contribution in [2.24, 2.45) is 5.10 Å². The third-order valence-corrected chi connectivity index (χ3v) is 5.35. The smallest absolute Gasteiger partial charge is 0.348 e. The molecule has 0 aliphatic rings. The Hall–Kier alpha value is -2.61. The first-order valence-electron chi connectivity index (χ1n) is 8.15. The third-order valence-electron chi connectivity index (χ3n) is 4.12. The molecule has 2 aromatic rings. The highest BCUT2D eigenvalue weighted by molar-refractivity contribution is 7.89. The molecule has 1 aromatic carbocycles. The number of benzene rings is 1. The van der Waals surface area contributed by atoms with Crippen LogP contribution in [0, 0.1) is 6.92 Å². The summed E-state index contributed by atoms with van der Waals surface area (Å²) >= 11 is 0. The van der Waals surface area contributed by atoms with Gasteiger partial charge in [-0.05, 0) is 43.9 Å². The van der Waals surface area contributed by atoms with Gasteiger partial charge in [0.05, 0.1) is 10.6 Å². The lowest BCUT2D eigenvalue weighted by molar-refractivity contribution is 0.432.